The van der Waals surface area contributed by atoms with Gasteiger partial charge in [0.2, 0.25) is 5.91 Å². The maximum absolute atomic E-state index is 12.3. The number of anilines is 1. The second kappa shape index (κ2) is 9.72. The molecule has 1 aromatic rings. The van der Waals surface area contributed by atoms with Crippen molar-refractivity contribution in [2.75, 3.05) is 31.5 Å². The summed E-state index contributed by atoms with van der Waals surface area (Å²) in [4.78, 5) is 26.9. The maximum Gasteiger partial charge on any atom is 0.251 e. The van der Waals surface area contributed by atoms with Crippen LogP contribution < -0.4 is 10.6 Å². The molecule has 144 valence electrons. The summed E-state index contributed by atoms with van der Waals surface area (Å²) in [7, 11) is 0. The van der Waals surface area contributed by atoms with Crippen molar-refractivity contribution in [2.24, 2.45) is 5.41 Å². The molecule has 0 spiro atoms. The van der Waals surface area contributed by atoms with Crippen LogP contribution >= 0.6 is 0 Å². The van der Waals surface area contributed by atoms with Gasteiger partial charge in [-0.2, -0.15) is 0 Å². The minimum absolute atomic E-state index is 0.0625. The molecule has 2 amide bonds. The van der Waals surface area contributed by atoms with E-state index in [1.807, 2.05) is 20.8 Å². The molecule has 1 fully saturated rings. The van der Waals surface area contributed by atoms with E-state index in [1.165, 1.54) is 38.8 Å². The third-order valence-electron chi connectivity index (χ3n) is 4.70. The molecule has 0 bridgehead atoms. The highest BCUT2D eigenvalue weighted by Crippen LogP contribution is 2.18. The van der Waals surface area contributed by atoms with Crippen LogP contribution in [0.15, 0.2) is 24.3 Å². The Hall–Kier alpha value is -1.88. The van der Waals surface area contributed by atoms with Crippen LogP contribution in [-0.2, 0) is 4.79 Å². The van der Waals surface area contributed by atoms with E-state index in [0.29, 0.717) is 17.8 Å². The third-order valence-corrected chi connectivity index (χ3v) is 4.70. The lowest BCUT2D eigenvalue weighted by Gasteiger charge is -2.19. The van der Waals surface area contributed by atoms with Crippen LogP contribution in [0.4, 0.5) is 5.69 Å². The molecular formula is C21H33N3O2. The van der Waals surface area contributed by atoms with Crippen molar-refractivity contribution in [3.05, 3.63) is 29.8 Å². The van der Waals surface area contributed by atoms with Gasteiger partial charge in [-0.15, -0.1) is 0 Å². The average molecular weight is 360 g/mol. The van der Waals surface area contributed by atoms with Crippen molar-refractivity contribution in [3.8, 4) is 0 Å². The molecule has 1 aliphatic rings. The Bertz CT molecular complexity index is 600. The molecule has 1 aliphatic heterocycles. The van der Waals surface area contributed by atoms with Gasteiger partial charge in [-0.25, -0.2) is 0 Å². The van der Waals surface area contributed by atoms with Crippen molar-refractivity contribution < 1.29 is 9.59 Å². The van der Waals surface area contributed by atoms with E-state index in [4.69, 9.17) is 0 Å². The van der Waals surface area contributed by atoms with Crippen molar-refractivity contribution in [2.45, 2.75) is 52.9 Å². The Balaban J connectivity index is 1.78. The van der Waals surface area contributed by atoms with Gasteiger partial charge in [0.15, 0.2) is 0 Å². The first kappa shape index (κ1) is 20.4. The van der Waals surface area contributed by atoms with Crippen LogP contribution in [0.25, 0.3) is 0 Å². The molecule has 5 heteroatoms. The molecule has 1 heterocycles. The summed E-state index contributed by atoms with van der Waals surface area (Å²) < 4.78 is 0. The largest absolute Gasteiger partial charge is 0.352 e. The molecule has 0 radical (unpaired) electrons. The van der Waals surface area contributed by atoms with Crippen LogP contribution in [0, 0.1) is 5.41 Å². The van der Waals surface area contributed by atoms with Crippen LogP contribution in [0.5, 0.6) is 0 Å². The molecule has 0 unspecified atom stereocenters. The van der Waals surface area contributed by atoms with E-state index in [1.54, 1.807) is 24.3 Å². The zero-order valence-electron chi connectivity index (χ0n) is 16.4. The molecular weight excluding hydrogens is 326 g/mol. The summed E-state index contributed by atoms with van der Waals surface area (Å²) in [6.45, 7) is 9.68. The third kappa shape index (κ3) is 6.79. The fourth-order valence-corrected chi connectivity index (χ4v) is 3.02. The lowest BCUT2D eigenvalue weighted by Crippen LogP contribution is -2.31. The number of nitrogens with one attached hydrogen (secondary N) is 2. The first-order chi connectivity index (χ1) is 12.4. The van der Waals surface area contributed by atoms with Gasteiger partial charge in [0.05, 0.1) is 0 Å². The highest BCUT2D eigenvalue weighted by atomic mass is 16.2. The van der Waals surface area contributed by atoms with Gasteiger partial charge >= 0.3 is 0 Å². The number of hydrogen-bond acceptors (Lipinski definition) is 3. The van der Waals surface area contributed by atoms with Crippen LogP contribution in [0.3, 0.4) is 0 Å². The first-order valence-electron chi connectivity index (χ1n) is 9.78. The van der Waals surface area contributed by atoms with Gasteiger partial charge < -0.3 is 15.5 Å². The quantitative estimate of drug-likeness (QED) is 0.762. The van der Waals surface area contributed by atoms with Crippen LogP contribution in [0.2, 0.25) is 0 Å². The SMILES string of the molecule is CC(C)(C)C(=O)Nc1cccc(C(=O)NCCCN2CCCCCC2)c1. The molecule has 0 aromatic heterocycles. The minimum Gasteiger partial charge on any atom is -0.352 e. The van der Waals surface area contributed by atoms with E-state index in [2.05, 4.69) is 15.5 Å². The van der Waals surface area contributed by atoms with Crippen molar-refractivity contribution in [3.63, 3.8) is 0 Å². The van der Waals surface area contributed by atoms with E-state index in [9.17, 15) is 9.59 Å². The molecule has 1 saturated heterocycles. The normalized spacial score (nSPS) is 16.0. The number of benzene rings is 1. The van der Waals surface area contributed by atoms with E-state index in [-0.39, 0.29) is 11.8 Å². The summed E-state index contributed by atoms with van der Waals surface area (Å²) in [6.07, 6.45) is 6.23. The van der Waals surface area contributed by atoms with Crippen molar-refractivity contribution in [1.29, 1.82) is 0 Å². The van der Waals surface area contributed by atoms with Gasteiger partial charge in [-0.1, -0.05) is 39.7 Å². The summed E-state index contributed by atoms with van der Waals surface area (Å²) in [5.41, 5.74) is 0.764. The van der Waals surface area contributed by atoms with Crippen LogP contribution in [0.1, 0.15) is 63.2 Å². The zero-order chi connectivity index (χ0) is 19.0. The second-order valence-corrected chi connectivity index (χ2v) is 8.15. The minimum atomic E-state index is -0.467. The van der Waals surface area contributed by atoms with E-state index < -0.39 is 5.41 Å². The standard InChI is InChI=1S/C21H33N3O2/c1-21(2,3)20(26)23-18-11-8-10-17(16-18)19(25)22-12-9-15-24-13-6-4-5-7-14-24/h8,10-11,16H,4-7,9,12-15H2,1-3H3,(H,22,25)(H,23,26). The smallest absolute Gasteiger partial charge is 0.251 e. The van der Waals surface area contributed by atoms with Crippen molar-refractivity contribution in [1.82, 2.24) is 10.2 Å². The molecule has 2 N–H and O–H groups in total. The maximum atomic E-state index is 12.3. The molecule has 0 aliphatic carbocycles. The Labute approximate surface area is 157 Å². The number of hydrogen-bond donors (Lipinski definition) is 2. The number of amides is 2. The number of nitrogens with zero attached hydrogens (tertiary/aromatic N) is 1. The summed E-state index contributed by atoms with van der Waals surface area (Å²) in [5, 5.41) is 5.85. The highest BCUT2D eigenvalue weighted by molar-refractivity contribution is 5.98. The summed E-state index contributed by atoms with van der Waals surface area (Å²) in [6, 6.07) is 7.11. The molecule has 26 heavy (non-hydrogen) atoms. The molecule has 2 rings (SSSR count). The average Bonchev–Trinajstić information content (AvgIpc) is 2.86. The monoisotopic (exact) mass is 359 g/mol. The van der Waals surface area contributed by atoms with Gasteiger partial charge in [-0.05, 0) is 57.1 Å². The van der Waals surface area contributed by atoms with Gasteiger partial charge in [0.1, 0.15) is 0 Å². The Morgan fingerprint density at radius 3 is 2.42 bits per heavy atom. The van der Waals surface area contributed by atoms with Crippen molar-refractivity contribution >= 4 is 17.5 Å². The molecule has 0 saturated carbocycles. The predicted molar refractivity (Wildman–Crippen MR) is 106 cm³/mol. The fraction of sp³-hybridized carbons (Fsp3) is 0.619. The number of carbonyl (C=O) groups is 2. The highest BCUT2D eigenvalue weighted by Gasteiger charge is 2.21. The Morgan fingerprint density at radius 2 is 1.77 bits per heavy atom. The van der Waals surface area contributed by atoms with Gasteiger partial charge in [-0.3, -0.25) is 9.59 Å². The number of likely N-dealkylation sites (tertiary alicyclic amines) is 1. The molecule has 5 nitrogen and oxygen atoms in total. The first-order valence-corrected chi connectivity index (χ1v) is 9.78. The number of carbonyl (C=O) groups excluding carboxylic acids is 2. The fourth-order valence-electron chi connectivity index (χ4n) is 3.02. The van der Waals surface area contributed by atoms with Gasteiger partial charge in [0, 0.05) is 23.2 Å². The lowest BCUT2D eigenvalue weighted by molar-refractivity contribution is -0.123. The second-order valence-electron chi connectivity index (χ2n) is 8.15. The molecule has 0 atom stereocenters. The lowest BCUT2D eigenvalue weighted by atomic mass is 9.95. The summed E-state index contributed by atoms with van der Waals surface area (Å²) >= 11 is 0. The molecule has 1 aromatic carbocycles. The van der Waals surface area contributed by atoms with E-state index >= 15 is 0 Å². The van der Waals surface area contributed by atoms with Gasteiger partial charge in [0.25, 0.3) is 5.91 Å². The predicted octanol–water partition coefficient (Wildman–Crippen LogP) is 3.67. The van der Waals surface area contributed by atoms with E-state index in [0.717, 1.165) is 13.0 Å². The summed E-state index contributed by atoms with van der Waals surface area (Å²) in [5.74, 6) is -0.153. The zero-order valence-corrected chi connectivity index (χ0v) is 16.4. The van der Waals surface area contributed by atoms with Crippen LogP contribution in [-0.4, -0.2) is 42.9 Å². The Morgan fingerprint density at radius 1 is 1.08 bits per heavy atom. The number of rotatable bonds is 6. The topological polar surface area (TPSA) is 61.4 Å². The Kier molecular flexibility index (Phi) is 7.64.